The molecular weight excluding hydrogens is 385 g/mol. The summed E-state index contributed by atoms with van der Waals surface area (Å²) >= 11 is 6.20. The third-order valence-corrected chi connectivity index (χ3v) is 5.19. The highest BCUT2D eigenvalue weighted by Gasteiger charge is 2.36. The Labute approximate surface area is 169 Å². The molecule has 1 aliphatic carbocycles. The van der Waals surface area contributed by atoms with Gasteiger partial charge in [-0.15, -0.1) is 12.4 Å². The Kier molecular flexibility index (Phi) is 6.05. The summed E-state index contributed by atoms with van der Waals surface area (Å²) in [6.45, 7) is 0.360. The van der Waals surface area contributed by atoms with Crippen molar-refractivity contribution >= 4 is 24.0 Å². The molecule has 3 aromatic rings. The number of aromatic nitrogens is 2. The lowest BCUT2D eigenvalue weighted by Crippen LogP contribution is -2.34. The molecule has 27 heavy (non-hydrogen) atoms. The molecule has 0 unspecified atom stereocenters. The van der Waals surface area contributed by atoms with Crippen molar-refractivity contribution in [2.45, 2.75) is 37.8 Å². The second kappa shape index (κ2) is 8.30. The fraction of sp³-hybridized carbons (Fsp3) is 0.300. The fourth-order valence-electron chi connectivity index (χ4n) is 3.30. The summed E-state index contributed by atoms with van der Waals surface area (Å²) in [6.07, 6.45) is 3.96. The van der Waals surface area contributed by atoms with E-state index in [1.165, 1.54) is 0 Å². The van der Waals surface area contributed by atoms with Crippen LogP contribution in [0.15, 0.2) is 53.1 Å². The molecule has 0 spiro atoms. The minimum Gasteiger partial charge on any atom is -0.488 e. The van der Waals surface area contributed by atoms with E-state index in [1.807, 2.05) is 48.5 Å². The van der Waals surface area contributed by atoms with Crippen LogP contribution in [0, 0.1) is 0 Å². The number of halogens is 2. The van der Waals surface area contributed by atoms with Crippen molar-refractivity contribution in [3.63, 3.8) is 0 Å². The summed E-state index contributed by atoms with van der Waals surface area (Å²) in [7, 11) is 0. The van der Waals surface area contributed by atoms with Crippen molar-refractivity contribution in [2.24, 2.45) is 5.73 Å². The number of nitrogens with zero attached hydrogens (tertiary/aromatic N) is 2. The number of ether oxygens (including phenoxy) is 1. The molecule has 2 N–H and O–H groups in total. The van der Waals surface area contributed by atoms with E-state index in [-0.39, 0.29) is 12.4 Å². The molecule has 2 aromatic carbocycles. The van der Waals surface area contributed by atoms with E-state index in [4.69, 9.17) is 26.6 Å². The summed E-state index contributed by atoms with van der Waals surface area (Å²) in [6, 6.07) is 15.2. The molecule has 0 atom stereocenters. The first kappa shape index (κ1) is 19.7. The van der Waals surface area contributed by atoms with Crippen LogP contribution in [0.25, 0.3) is 11.5 Å². The van der Waals surface area contributed by atoms with E-state index in [0.717, 1.165) is 36.8 Å². The molecule has 0 amide bonds. The predicted molar refractivity (Wildman–Crippen MR) is 107 cm³/mol. The predicted octanol–water partition coefficient (Wildman–Crippen LogP) is 5.12. The van der Waals surface area contributed by atoms with Crippen LogP contribution >= 0.6 is 24.0 Å². The Balaban J connectivity index is 0.00000210. The van der Waals surface area contributed by atoms with Crippen molar-refractivity contribution in [1.29, 1.82) is 0 Å². The molecule has 0 radical (unpaired) electrons. The fourth-order valence-corrected chi connectivity index (χ4v) is 3.50. The van der Waals surface area contributed by atoms with Crippen LogP contribution in [0.1, 0.15) is 37.1 Å². The molecule has 1 fully saturated rings. The van der Waals surface area contributed by atoms with E-state index < -0.39 is 5.54 Å². The van der Waals surface area contributed by atoms with Gasteiger partial charge in [-0.25, -0.2) is 0 Å². The normalized spacial score (nSPS) is 15.3. The third-order valence-electron chi connectivity index (χ3n) is 4.83. The minimum absolute atomic E-state index is 0. The highest BCUT2D eigenvalue weighted by molar-refractivity contribution is 6.31. The van der Waals surface area contributed by atoms with Gasteiger partial charge in [0.1, 0.15) is 12.4 Å². The van der Waals surface area contributed by atoms with Gasteiger partial charge in [0, 0.05) is 10.6 Å². The summed E-state index contributed by atoms with van der Waals surface area (Å²) in [5.74, 6) is 1.66. The number of hydrogen-bond donors (Lipinski definition) is 1. The average Bonchev–Trinajstić information content (AvgIpc) is 3.32. The topological polar surface area (TPSA) is 74.2 Å². The zero-order valence-electron chi connectivity index (χ0n) is 14.7. The Morgan fingerprint density at radius 3 is 2.56 bits per heavy atom. The lowest BCUT2D eigenvalue weighted by molar-refractivity contribution is 0.306. The highest BCUT2D eigenvalue weighted by Crippen LogP contribution is 2.36. The molecular formula is C20H21Cl2N3O2. The number of rotatable bonds is 5. The smallest absolute Gasteiger partial charge is 0.261 e. The van der Waals surface area contributed by atoms with Crippen LogP contribution in [0.2, 0.25) is 5.02 Å². The van der Waals surface area contributed by atoms with Gasteiger partial charge in [-0.2, -0.15) is 4.98 Å². The van der Waals surface area contributed by atoms with E-state index >= 15 is 0 Å². The Morgan fingerprint density at radius 2 is 1.78 bits per heavy atom. The molecule has 1 heterocycles. The Hall–Kier alpha value is -2.08. The number of para-hydroxylation sites is 1. The van der Waals surface area contributed by atoms with E-state index in [0.29, 0.717) is 29.1 Å². The Morgan fingerprint density at radius 1 is 1.07 bits per heavy atom. The van der Waals surface area contributed by atoms with Crippen LogP contribution in [0.3, 0.4) is 0 Å². The van der Waals surface area contributed by atoms with Crippen LogP contribution < -0.4 is 10.5 Å². The average molecular weight is 406 g/mol. The van der Waals surface area contributed by atoms with Gasteiger partial charge in [0.25, 0.3) is 5.89 Å². The summed E-state index contributed by atoms with van der Waals surface area (Å²) in [4.78, 5) is 4.56. The van der Waals surface area contributed by atoms with E-state index in [9.17, 15) is 0 Å². The van der Waals surface area contributed by atoms with Gasteiger partial charge in [-0.05, 0) is 31.0 Å². The van der Waals surface area contributed by atoms with E-state index in [1.54, 1.807) is 0 Å². The first-order valence-corrected chi connectivity index (χ1v) is 9.12. The second-order valence-electron chi connectivity index (χ2n) is 6.66. The third kappa shape index (κ3) is 4.10. The van der Waals surface area contributed by atoms with Gasteiger partial charge in [-0.3, -0.25) is 0 Å². The monoisotopic (exact) mass is 405 g/mol. The van der Waals surface area contributed by atoms with Crippen LogP contribution in [-0.2, 0) is 12.1 Å². The van der Waals surface area contributed by atoms with Gasteiger partial charge in [0.15, 0.2) is 5.82 Å². The minimum atomic E-state index is -0.477. The SMILES string of the molecule is Cl.NC1(c2noc(-c3ccccc3OCc3ccccc3Cl)n2)CCCC1. The molecule has 0 aliphatic heterocycles. The van der Waals surface area contributed by atoms with Gasteiger partial charge in [-0.1, -0.05) is 59.9 Å². The maximum Gasteiger partial charge on any atom is 0.261 e. The summed E-state index contributed by atoms with van der Waals surface area (Å²) < 4.78 is 11.5. The molecule has 5 nitrogen and oxygen atoms in total. The zero-order valence-corrected chi connectivity index (χ0v) is 16.3. The molecule has 0 bridgehead atoms. The van der Waals surface area contributed by atoms with Crippen LogP contribution in [0.4, 0.5) is 0 Å². The first-order valence-electron chi connectivity index (χ1n) is 8.74. The van der Waals surface area contributed by atoms with Gasteiger partial charge in [0.05, 0.1) is 11.1 Å². The second-order valence-corrected chi connectivity index (χ2v) is 7.07. The highest BCUT2D eigenvalue weighted by atomic mass is 35.5. The lowest BCUT2D eigenvalue weighted by atomic mass is 9.99. The van der Waals surface area contributed by atoms with Gasteiger partial charge >= 0.3 is 0 Å². The van der Waals surface area contributed by atoms with Crippen LogP contribution in [-0.4, -0.2) is 10.1 Å². The van der Waals surface area contributed by atoms with Crippen molar-refractivity contribution in [2.75, 3.05) is 0 Å². The molecule has 0 saturated heterocycles. The number of benzene rings is 2. The Bertz CT molecular complexity index is 908. The lowest BCUT2D eigenvalue weighted by Gasteiger charge is -2.17. The molecule has 142 valence electrons. The standard InChI is InChI=1S/C20H20ClN3O2.ClH/c21-16-9-3-1-7-14(16)13-25-17-10-4-2-8-15(17)18-23-19(24-26-18)20(22)11-5-6-12-20;/h1-4,7-10H,5-6,11-13,22H2;1H. The maximum absolute atomic E-state index is 6.43. The van der Waals surface area contributed by atoms with Gasteiger partial charge in [0.2, 0.25) is 0 Å². The molecule has 1 aromatic heterocycles. The van der Waals surface area contributed by atoms with Crippen molar-refractivity contribution in [1.82, 2.24) is 10.1 Å². The quantitative estimate of drug-likeness (QED) is 0.637. The summed E-state index contributed by atoms with van der Waals surface area (Å²) in [5.41, 5.74) is 7.62. The number of nitrogens with two attached hydrogens (primary N) is 1. The van der Waals surface area contributed by atoms with Crippen molar-refractivity contribution < 1.29 is 9.26 Å². The largest absolute Gasteiger partial charge is 0.488 e. The zero-order chi connectivity index (χ0) is 18.0. The maximum atomic E-state index is 6.43. The number of hydrogen-bond acceptors (Lipinski definition) is 5. The summed E-state index contributed by atoms with van der Waals surface area (Å²) in [5, 5.41) is 4.81. The molecule has 1 aliphatic rings. The van der Waals surface area contributed by atoms with Gasteiger partial charge < -0.3 is 15.0 Å². The molecule has 4 rings (SSSR count). The van der Waals surface area contributed by atoms with Crippen molar-refractivity contribution in [3.8, 4) is 17.2 Å². The first-order chi connectivity index (χ1) is 12.7. The van der Waals surface area contributed by atoms with Crippen molar-refractivity contribution in [3.05, 3.63) is 64.9 Å². The van der Waals surface area contributed by atoms with E-state index in [2.05, 4.69) is 10.1 Å². The molecule has 1 saturated carbocycles. The van der Waals surface area contributed by atoms with Crippen LogP contribution in [0.5, 0.6) is 5.75 Å². The molecule has 7 heteroatoms.